The fraction of sp³-hybridized carbons (Fsp3) is 0.389. The first-order valence-electron chi connectivity index (χ1n) is 7.77. The summed E-state index contributed by atoms with van der Waals surface area (Å²) in [4.78, 5) is 9.26. The van der Waals surface area contributed by atoms with Gasteiger partial charge in [0.1, 0.15) is 0 Å². The topological polar surface area (TPSA) is 19.4 Å². The maximum Gasteiger partial charge on any atom is 0.0457 e. The van der Waals surface area contributed by atoms with Gasteiger partial charge in [0.25, 0.3) is 0 Å². The van der Waals surface area contributed by atoms with Gasteiger partial charge in [-0.05, 0) is 48.7 Å². The molecule has 3 heteroatoms. The smallest absolute Gasteiger partial charge is 0.0457 e. The van der Waals surface area contributed by atoms with Gasteiger partial charge in [-0.3, -0.25) is 4.98 Å². The predicted molar refractivity (Wildman–Crippen MR) is 86.4 cm³/mol. The van der Waals surface area contributed by atoms with Gasteiger partial charge in [-0.15, -0.1) is 0 Å². The van der Waals surface area contributed by atoms with Crippen molar-refractivity contribution in [3.8, 4) is 11.1 Å². The Kier molecular flexibility index (Phi) is 3.15. The molecule has 108 valence electrons. The van der Waals surface area contributed by atoms with Crippen molar-refractivity contribution in [3.05, 3.63) is 48.8 Å². The number of anilines is 1. The lowest BCUT2D eigenvalue weighted by Gasteiger charge is -2.26. The van der Waals surface area contributed by atoms with E-state index in [0.717, 1.165) is 5.92 Å². The molecule has 21 heavy (non-hydrogen) atoms. The van der Waals surface area contributed by atoms with E-state index in [0.29, 0.717) is 6.04 Å². The highest BCUT2D eigenvalue weighted by atomic mass is 15.3. The maximum absolute atomic E-state index is 4.20. The second kappa shape index (κ2) is 5.15. The van der Waals surface area contributed by atoms with E-state index in [1.807, 2.05) is 18.5 Å². The molecule has 2 unspecified atom stereocenters. The molecule has 0 spiro atoms. The summed E-state index contributed by atoms with van der Waals surface area (Å²) in [6.07, 6.45) is 5.07. The molecule has 4 rings (SSSR count). The first-order valence-corrected chi connectivity index (χ1v) is 7.77. The van der Waals surface area contributed by atoms with Crippen molar-refractivity contribution < 1.29 is 0 Å². The third-order valence-corrected chi connectivity index (χ3v) is 4.92. The van der Waals surface area contributed by atoms with Crippen molar-refractivity contribution in [2.24, 2.45) is 5.92 Å². The normalized spacial score (nSPS) is 25.3. The molecule has 0 bridgehead atoms. The lowest BCUT2D eigenvalue weighted by molar-refractivity contribution is 0.386. The minimum absolute atomic E-state index is 0.708. The van der Waals surface area contributed by atoms with E-state index in [1.165, 1.54) is 42.9 Å². The zero-order valence-electron chi connectivity index (χ0n) is 12.4. The summed E-state index contributed by atoms with van der Waals surface area (Å²) in [6.45, 7) is 3.67. The molecule has 0 N–H and O–H groups in total. The van der Waals surface area contributed by atoms with E-state index in [1.54, 1.807) is 0 Å². The Bertz CT molecular complexity index is 608. The van der Waals surface area contributed by atoms with E-state index in [4.69, 9.17) is 0 Å². The molecule has 0 aliphatic carbocycles. The van der Waals surface area contributed by atoms with Crippen LogP contribution in [0.25, 0.3) is 11.1 Å². The molecule has 3 nitrogen and oxygen atoms in total. The molecule has 0 amide bonds. The lowest BCUT2D eigenvalue weighted by atomic mass is 10.0. The summed E-state index contributed by atoms with van der Waals surface area (Å²) in [6, 6.07) is 13.8. The second-order valence-corrected chi connectivity index (χ2v) is 6.32. The summed E-state index contributed by atoms with van der Waals surface area (Å²) in [5.41, 5.74) is 3.79. The van der Waals surface area contributed by atoms with Crippen LogP contribution in [0.1, 0.15) is 6.42 Å². The summed E-state index contributed by atoms with van der Waals surface area (Å²) >= 11 is 0. The molecular weight excluding hydrogens is 258 g/mol. The van der Waals surface area contributed by atoms with Crippen molar-refractivity contribution in [2.45, 2.75) is 12.5 Å². The van der Waals surface area contributed by atoms with Crippen molar-refractivity contribution in [1.29, 1.82) is 0 Å². The average molecular weight is 279 g/mol. The van der Waals surface area contributed by atoms with Gasteiger partial charge >= 0.3 is 0 Å². The predicted octanol–water partition coefficient (Wildman–Crippen LogP) is 2.89. The molecule has 2 aromatic rings. The van der Waals surface area contributed by atoms with Crippen LogP contribution in [0.2, 0.25) is 0 Å². The molecular formula is C18H21N3. The van der Waals surface area contributed by atoms with Crippen LogP contribution in [0.3, 0.4) is 0 Å². The number of aromatic nitrogens is 1. The van der Waals surface area contributed by atoms with Crippen molar-refractivity contribution in [2.75, 3.05) is 31.6 Å². The van der Waals surface area contributed by atoms with E-state index in [-0.39, 0.29) is 0 Å². The summed E-state index contributed by atoms with van der Waals surface area (Å²) in [5.74, 6) is 0.855. The number of likely N-dealkylation sites (N-methyl/N-ethyl adjacent to an activating group) is 1. The van der Waals surface area contributed by atoms with Crippen molar-refractivity contribution in [1.82, 2.24) is 9.88 Å². The fourth-order valence-electron chi connectivity index (χ4n) is 3.87. The number of pyridine rings is 1. The molecule has 1 aromatic carbocycles. The first-order chi connectivity index (χ1) is 10.3. The van der Waals surface area contributed by atoms with Gasteiger partial charge in [0, 0.05) is 43.8 Å². The summed E-state index contributed by atoms with van der Waals surface area (Å²) in [7, 11) is 2.24. The Hall–Kier alpha value is -1.87. The highest BCUT2D eigenvalue weighted by Gasteiger charge is 2.39. The maximum atomic E-state index is 4.20. The molecule has 0 saturated carbocycles. The van der Waals surface area contributed by atoms with Crippen LogP contribution in [0, 0.1) is 5.92 Å². The van der Waals surface area contributed by atoms with E-state index in [2.05, 4.69) is 52.2 Å². The minimum Gasteiger partial charge on any atom is -0.367 e. The molecule has 2 saturated heterocycles. The SMILES string of the molecule is CN1CC2CCN(c3ccc(-c4cccnc4)cc3)C2C1. The van der Waals surface area contributed by atoms with Crippen LogP contribution in [0.5, 0.6) is 0 Å². The Morgan fingerprint density at radius 2 is 1.90 bits per heavy atom. The number of fused-ring (bicyclic) bond motifs is 1. The average Bonchev–Trinajstić information content (AvgIpc) is 3.07. The minimum atomic E-state index is 0.708. The summed E-state index contributed by atoms with van der Waals surface area (Å²) < 4.78 is 0. The molecule has 2 aliphatic heterocycles. The van der Waals surface area contributed by atoms with Gasteiger partial charge in [0.05, 0.1) is 0 Å². The Morgan fingerprint density at radius 1 is 1.05 bits per heavy atom. The highest BCUT2D eigenvalue weighted by Crippen LogP contribution is 2.35. The van der Waals surface area contributed by atoms with Gasteiger partial charge in [-0.1, -0.05) is 18.2 Å². The standard InChI is InChI=1S/C18H21N3/c1-20-12-16-8-10-21(18(16)13-20)17-6-4-14(5-7-17)15-3-2-9-19-11-15/h2-7,9,11,16,18H,8,10,12-13H2,1H3. The number of likely N-dealkylation sites (tertiary alicyclic amines) is 1. The first kappa shape index (κ1) is 12.8. The second-order valence-electron chi connectivity index (χ2n) is 6.32. The number of hydrogen-bond acceptors (Lipinski definition) is 3. The third-order valence-electron chi connectivity index (χ3n) is 4.92. The Balaban J connectivity index is 1.57. The molecule has 2 atom stereocenters. The zero-order valence-corrected chi connectivity index (χ0v) is 12.4. The molecule has 2 aliphatic rings. The van der Waals surface area contributed by atoms with Crippen LogP contribution in [-0.4, -0.2) is 42.6 Å². The molecule has 1 aromatic heterocycles. The van der Waals surface area contributed by atoms with E-state index < -0.39 is 0 Å². The lowest BCUT2D eigenvalue weighted by Crippen LogP contribution is -2.34. The van der Waals surface area contributed by atoms with Gasteiger partial charge in [0.2, 0.25) is 0 Å². The van der Waals surface area contributed by atoms with Gasteiger partial charge < -0.3 is 9.80 Å². The van der Waals surface area contributed by atoms with Gasteiger partial charge in [0.15, 0.2) is 0 Å². The number of nitrogens with zero attached hydrogens (tertiary/aromatic N) is 3. The fourth-order valence-corrected chi connectivity index (χ4v) is 3.87. The van der Waals surface area contributed by atoms with Crippen molar-refractivity contribution >= 4 is 5.69 Å². The third kappa shape index (κ3) is 2.32. The van der Waals surface area contributed by atoms with Crippen LogP contribution in [0.4, 0.5) is 5.69 Å². The van der Waals surface area contributed by atoms with Gasteiger partial charge in [-0.25, -0.2) is 0 Å². The number of hydrogen-bond donors (Lipinski definition) is 0. The largest absolute Gasteiger partial charge is 0.367 e. The quantitative estimate of drug-likeness (QED) is 0.842. The van der Waals surface area contributed by atoms with Crippen LogP contribution in [0.15, 0.2) is 48.8 Å². The van der Waals surface area contributed by atoms with E-state index >= 15 is 0 Å². The number of rotatable bonds is 2. The van der Waals surface area contributed by atoms with Crippen LogP contribution < -0.4 is 4.90 Å². The van der Waals surface area contributed by atoms with Crippen LogP contribution >= 0.6 is 0 Å². The molecule has 2 fully saturated rings. The Morgan fingerprint density at radius 3 is 2.67 bits per heavy atom. The summed E-state index contributed by atoms with van der Waals surface area (Å²) in [5, 5.41) is 0. The van der Waals surface area contributed by atoms with Crippen LogP contribution in [-0.2, 0) is 0 Å². The van der Waals surface area contributed by atoms with Gasteiger partial charge in [-0.2, -0.15) is 0 Å². The highest BCUT2D eigenvalue weighted by molar-refractivity contribution is 5.65. The number of benzene rings is 1. The van der Waals surface area contributed by atoms with E-state index in [9.17, 15) is 0 Å². The monoisotopic (exact) mass is 279 g/mol. The van der Waals surface area contributed by atoms with Crippen molar-refractivity contribution in [3.63, 3.8) is 0 Å². The zero-order chi connectivity index (χ0) is 14.2. The Labute approximate surface area is 126 Å². The molecule has 3 heterocycles. The molecule has 0 radical (unpaired) electrons.